The van der Waals surface area contributed by atoms with Crippen molar-refractivity contribution in [1.29, 1.82) is 0 Å². The van der Waals surface area contributed by atoms with Gasteiger partial charge in [-0.25, -0.2) is 0 Å². The van der Waals surface area contributed by atoms with Crippen LogP contribution in [-0.2, 0) is 4.79 Å². The van der Waals surface area contributed by atoms with Crippen molar-refractivity contribution < 1.29 is 39.5 Å². The van der Waals surface area contributed by atoms with Crippen molar-refractivity contribution in [2.45, 2.75) is 19.8 Å². The van der Waals surface area contributed by atoms with Crippen molar-refractivity contribution in [2.24, 2.45) is 0 Å². The molecule has 0 amide bonds. The number of carboxylic acid groups (broad SMARTS) is 1. The third kappa shape index (κ3) is 11.7. The molecule has 0 aromatic rings. The van der Waals surface area contributed by atoms with Crippen molar-refractivity contribution in [3.8, 4) is 0 Å². The second-order valence-corrected chi connectivity index (χ2v) is 1.46. The summed E-state index contributed by atoms with van der Waals surface area (Å²) >= 11 is 0. The van der Waals surface area contributed by atoms with Gasteiger partial charge in [-0.15, -0.1) is 0 Å². The van der Waals surface area contributed by atoms with Crippen LogP contribution < -0.4 is 34.7 Å². The third-order valence-corrected chi connectivity index (χ3v) is 0.687. The Kier molecular flexibility index (Phi) is 10.9. The molecule has 0 rings (SSSR count). The zero-order valence-corrected chi connectivity index (χ0v) is 7.89. The molecule has 0 N–H and O–H groups in total. The van der Waals surface area contributed by atoms with Crippen molar-refractivity contribution in [3.63, 3.8) is 0 Å². The minimum atomic E-state index is -1.02. The van der Waals surface area contributed by atoms with Crippen molar-refractivity contribution in [3.05, 3.63) is 12.2 Å². The van der Waals surface area contributed by atoms with Gasteiger partial charge in [0.2, 0.25) is 0 Å². The van der Waals surface area contributed by atoms with Crippen LogP contribution in [0, 0.1) is 0 Å². The predicted molar refractivity (Wildman–Crippen MR) is 29.1 cm³/mol. The normalized spacial score (nSPS) is 9.00. The summed E-state index contributed by atoms with van der Waals surface area (Å²) in [6.07, 6.45) is 4.31. The predicted octanol–water partition coefficient (Wildman–Crippen LogP) is -2.90. The van der Waals surface area contributed by atoms with Gasteiger partial charge in [0.25, 0.3) is 0 Å². The molecule has 0 fully saturated rings. The summed E-state index contributed by atoms with van der Waals surface area (Å²) in [6.45, 7) is 1.95. The van der Waals surface area contributed by atoms with Crippen LogP contribution in [0.5, 0.6) is 0 Å². The van der Waals surface area contributed by atoms with Gasteiger partial charge in [0.15, 0.2) is 0 Å². The fourth-order valence-electron chi connectivity index (χ4n) is 0.346. The first-order valence-corrected chi connectivity index (χ1v) is 2.62. The maximum atomic E-state index is 9.71. The fourth-order valence-corrected chi connectivity index (χ4v) is 0.346. The molecule has 0 aromatic carbocycles. The summed E-state index contributed by atoms with van der Waals surface area (Å²) in [5.74, 6) is -1.02. The van der Waals surface area contributed by atoms with E-state index < -0.39 is 5.97 Å². The average molecular weight is 136 g/mol. The molecule has 0 unspecified atom stereocenters. The second kappa shape index (κ2) is 8.21. The van der Waals surface area contributed by atoms with E-state index in [1.807, 2.05) is 6.92 Å². The van der Waals surface area contributed by atoms with E-state index in [4.69, 9.17) is 0 Å². The standard InChI is InChI=1S/C6H10O2.Na/c1-2-3-4-5-6(7)8;/h3-4H,2,5H2,1H3,(H,7,8);/q;+1/p-1. The van der Waals surface area contributed by atoms with Crippen molar-refractivity contribution in [1.82, 2.24) is 0 Å². The Balaban J connectivity index is 0. The number of hydrogen-bond acceptors (Lipinski definition) is 2. The van der Waals surface area contributed by atoms with E-state index in [0.717, 1.165) is 6.42 Å². The number of aliphatic carboxylic acids is 1. The molecule has 3 heteroatoms. The van der Waals surface area contributed by atoms with Crippen molar-refractivity contribution in [2.75, 3.05) is 0 Å². The van der Waals surface area contributed by atoms with Gasteiger partial charge in [0.1, 0.15) is 0 Å². The van der Waals surface area contributed by atoms with Crippen LogP contribution in [0.3, 0.4) is 0 Å². The van der Waals surface area contributed by atoms with Crippen molar-refractivity contribution >= 4 is 5.97 Å². The van der Waals surface area contributed by atoms with Gasteiger partial charge in [0.05, 0.1) is 0 Å². The number of rotatable bonds is 3. The summed E-state index contributed by atoms with van der Waals surface area (Å²) in [6, 6.07) is 0. The average Bonchev–Trinajstić information content (AvgIpc) is 1.66. The topological polar surface area (TPSA) is 40.1 Å². The molecule has 0 saturated carbocycles. The quantitative estimate of drug-likeness (QED) is 0.308. The summed E-state index contributed by atoms with van der Waals surface area (Å²) in [5.41, 5.74) is 0. The van der Waals surface area contributed by atoms with E-state index in [0.29, 0.717) is 0 Å². The van der Waals surface area contributed by atoms with Crippen LogP contribution in [0.15, 0.2) is 12.2 Å². The summed E-state index contributed by atoms with van der Waals surface area (Å²) in [5, 5.41) is 9.71. The van der Waals surface area contributed by atoms with Gasteiger partial charge in [-0.3, -0.25) is 0 Å². The Morgan fingerprint density at radius 3 is 2.44 bits per heavy atom. The molecular weight excluding hydrogens is 127 g/mol. The van der Waals surface area contributed by atoms with Gasteiger partial charge in [-0.05, 0) is 6.42 Å². The van der Waals surface area contributed by atoms with Crippen LogP contribution in [0.4, 0.5) is 0 Å². The van der Waals surface area contributed by atoms with Gasteiger partial charge in [-0.2, -0.15) is 0 Å². The van der Waals surface area contributed by atoms with E-state index in [9.17, 15) is 9.90 Å². The van der Waals surface area contributed by atoms with Crippen LogP contribution in [0.1, 0.15) is 19.8 Å². The van der Waals surface area contributed by atoms with E-state index in [2.05, 4.69) is 0 Å². The zero-order valence-electron chi connectivity index (χ0n) is 5.89. The molecule has 0 aliphatic rings. The van der Waals surface area contributed by atoms with Crippen LogP contribution in [-0.4, -0.2) is 5.97 Å². The third-order valence-electron chi connectivity index (χ3n) is 0.687. The van der Waals surface area contributed by atoms with E-state index in [1.54, 1.807) is 12.2 Å². The Morgan fingerprint density at radius 1 is 1.56 bits per heavy atom. The Hall–Kier alpha value is 0.210. The summed E-state index contributed by atoms with van der Waals surface area (Å²) in [7, 11) is 0. The molecule has 0 radical (unpaired) electrons. The first-order valence-electron chi connectivity index (χ1n) is 2.62. The molecule has 0 spiro atoms. The monoisotopic (exact) mass is 136 g/mol. The van der Waals surface area contributed by atoms with Gasteiger partial charge in [-0.1, -0.05) is 19.1 Å². The number of allylic oxidation sites excluding steroid dienone is 1. The van der Waals surface area contributed by atoms with Gasteiger partial charge >= 0.3 is 29.6 Å². The number of hydrogen-bond donors (Lipinski definition) is 0. The molecule has 0 aliphatic heterocycles. The second-order valence-electron chi connectivity index (χ2n) is 1.46. The van der Waals surface area contributed by atoms with E-state index in [-0.39, 0.29) is 36.0 Å². The number of carbonyl (C=O) groups excluding carboxylic acids is 1. The maximum Gasteiger partial charge on any atom is 1.00 e. The van der Waals surface area contributed by atoms with Crippen LogP contribution in [0.25, 0.3) is 0 Å². The van der Waals surface area contributed by atoms with Gasteiger partial charge in [0, 0.05) is 12.4 Å². The zero-order chi connectivity index (χ0) is 6.41. The van der Waals surface area contributed by atoms with Gasteiger partial charge < -0.3 is 9.90 Å². The molecule has 0 aliphatic carbocycles. The minimum absolute atomic E-state index is 0. The van der Waals surface area contributed by atoms with E-state index in [1.165, 1.54) is 0 Å². The molecular formula is C6H9NaO2. The number of carbonyl (C=O) groups is 1. The Morgan fingerprint density at radius 2 is 2.11 bits per heavy atom. The smallest absolute Gasteiger partial charge is 0.550 e. The first kappa shape index (κ1) is 11.9. The molecule has 0 atom stereocenters. The van der Waals surface area contributed by atoms with Crippen LogP contribution in [0.2, 0.25) is 0 Å². The SMILES string of the molecule is CCC=CCC(=O)[O-].[Na+]. The molecule has 46 valence electrons. The molecule has 9 heavy (non-hydrogen) atoms. The molecule has 0 bridgehead atoms. The fraction of sp³-hybridized carbons (Fsp3) is 0.500. The molecule has 2 nitrogen and oxygen atoms in total. The minimum Gasteiger partial charge on any atom is -0.550 e. The van der Waals surface area contributed by atoms with E-state index >= 15 is 0 Å². The maximum absolute atomic E-state index is 9.71. The van der Waals surface area contributed by atoms with Crippen LogP contribution >= 0.6 is 0 Å². The first-order chi connectivity index (χ1) is 3.77. The summed E-state index contributed by atoms with van der Waals surface area (Å²) < 4.78 is 0. The molecule has 0 saturated heterocycles. The Labute approximate surface area is 77.2 Å². The number of carboxylic acids is 1. The molecule has 0 heterocycles. The molecule has 0 aromatic heterocycles. The largest absolute Gasteiger partial charge is 1.00 e. The Bertz CT molecular complexity index is 99.2. The summed E-state index contributed by atoms with van der Waals surface area (Å²) in [4.78, 5) is 9.71.